The van der Waals surface area contributed by atoms with Crippen molar-refractivity contribution in [1.29, 1.82) is 0 Å². The molecule has 0 aliphatic carbocycles. The Morgan fingerprint density at radius 1 is 1.04 bits per heavy atom. The number of hydrogen-bond acceptors (Lipinski definition) is 5. The first-order valence-corrected chi connectivity index (χ1v) is 10.0. The summed E-state index contributed by atoms with van der Waals surface area (Å²) in [6.07, 6.45) is 0.930. The third-order valence-corrected chi connectivity index (χ3v) is 6.03. The molecule has 1 heterocycles. The summed E-state index contributed by atoms with van der Waals surface area (Å²) in [5.74, 6) is 2.60. The van der Waals surface area contributed by atoms with Crippen molar-refractivity contribution in [1.82, 2.24) is 5.01 Å². The van der Waals surface area contributed by atoms with Crippen molar-refractivity contribution in [2.24, 2.45) is 9.46 Å². The van der Waals surface area contributed by atoms with Crippen molar-refractivity contribution in [2.45, 2.75) is 26.4 Å². The van der Waals surface area contributed by atoms with Gasteiger partial charge in [0, 0.05) is 0 Å². The van der Waals surface area contributed by atoms with Gasteiger partial charge >= 0.3 is 0 Å². The van der Waals surface area contributed by atoms with Gasteiger partial charge in [-0.2, -0.15) is 5.10 Å². The molecule has 0 fully saturated rings. The highest BCUT2D eigenvalue weighted by Crippen LogP contribution is 2.20. The van der Waals surface area contributed by atoms with Crippen molar-refractivity contribution in [3.8, 4) is 11.5 Å². The minimum atomic E-state index is -0.156. The van der Waals surface area contributed by atoms with Crippen LogP contribution in [0.2, 0.25) is 0 Å². The second-order valence-electron chi connectivity index (χ2n) is 6.00. The van der Waals surface area contributed by atoms with Gasteiger partial charge in [0.25, 0.3) is 0 Å². The molecule has 0 saturated heterocycles. The highest BCUT2D eigenvalue weighted by atomic mass is 32.2. The molecular weight excluding hydrogens is 346 g/mol. The highest BCUT2D eigenvalue weighted by Gasteiger charge is 2.19. The van der Waals surface area contributed by atoms with Crippen molar-refractivity contribution >= 4 is 15.7 Å². The van der Waals surface area contributed by atoms with E-state index in [0.29, 0.717) is 6.54 Å². The van der Waals surface area contributed by atoms with Gasteiger partial charge in [-0.15, -0.1) is 0 Å². The number of hydrazone groups is 1. The molecule has 0 amide bonds. The Labute approximate surface area is 157 Å². The van der Waals surface area contributed by atoms with Crippen LogP contribution in [0.5, 0.6) is 11.5 Å². The van der Waals surface area contributed by atoms with Gasteiger partial charge in [-0.05, 0) is 52.5 Å². The van der Waals surface area contributed by atoms with E-state index < -0.39 is 0 Å². The molecule has 0 aromatic heterocycles. The molecule has 0 bridgehead atoms. The molecule has 5 nitrogen and oxygen atoms in total. The second kappa shape index (κ2) is 8.85. The molecule has 0 radical (unpaired) electrons. The van der Waals surface area contributed by atoms with Crippen LogP contribution in [0.1, 0.15) is 24.5 Å². The Hall–Kier alpha value is -2.34. The number of rotatable bonds is 7. The third kappa shape index (κ3) is 4.64. The van der Waals surface area contributed by atoms with E-state index >= 15 is 0 Å². The van der Waals surface area contributed by atoms with Crippen LogP contribution >= 0.6 is 0 Å². The fraction of sp³-hybridized carbons (Fsp3) is 0.350. The van der Waals surface area contributed by atoms with Crippen molar-refractivity contribution in [2.75, 3.05) is 20.1 Å². The van der Waals surface area contributed by atoms with Gasteiger partial charge in [-0.3, -0.25) is 9.37 Å². The van der Waals surface area contributed by atoms with Gasteiger partial charge in [0.15, 0.2) is 0 Å². The molecule has 26 heavy (non-hydrogen) atoms. The van der Waals surface area contributed by atoms with Gasteiger partial charge in [-0.25, -0.2) is 0 Å². The molecule has 0 spiro atoms. The molecule has 6 heteroatoms. The van der Waals surface area contributed by atoms with Crippen molar-refractivity contribution in [3.63, 3.8) is 0 Å². The second-order valence-corrected chi connectivity index (χ2v) is 7.71. The molecule has 1 aliphatic rings. The molecule has 2 aromatic rings. The SMILES string of the molecule is CCC1=NN(Cc2cccc(OC)c2)CS1=NCc1cccc(OC)c1. The smallest absolute Gasteiger partial charge is 0.119 e. The molecule has 1 aliphatic heterocycles. The van der Waals surface area contributed by atoms with E-state index in [4.69, 9.17) is 18.9 Å². The van der Waals surface area contributed by atoms with Gasteiger partial charge in [0.05, 0.1) is 33.2 Å². The van der Waals surface area contributed by atoms with Gasteiger partial charge in [-0.1, -0.05) is 31.2 Å². The Morgan fingerprint density at radius 2 is 1.69 bits per heavy atom. The monoisotopic (exact) mass is 371 g/mol. The van der Waals surface area contributed by atoms with E-state index in [0.717, 1.165) is 30.3 Å². The first-order chi connectivity index (χ1) is 12.7. The van der Waals surface area contributed by atoms with Crippen LogP contribution in [0.3, 0.4) is 0 Å². The van der Waals surface area contributed by atoms with Crippen molar-refractivity contribution < 1.29 is 9.47 Å². The number of benzene rings is 2. The van der Waals surface area contributed by atoms with E-state index in [1.165, 1.54) is 16.2 Å². The van der Waals surface area contributed by atoms with Crippen LogP contribution in [0.15, 0.2) is 58.0 Å². The Morgan fingerprint density at radius 3 is 2.35 bits per heavy atom. The Kier molecular flexibility index (Phi) is 6.28. The highest BCUT2D eigenvalue weighted by molar-refractivity contribution is 8.02. The standard InChI is InChI=1S/C20H25N3O2S/c1-4-20-22-23(14-17-8-6-10-19(12-17)25-3)15-26(20)21-13-16-7-5-9-18(11-16)24-2/h5-12H,4,13-15H2,1-3H3. The van der Waals surface area contributed by atoms with Crippen LogP contribution in [0, 0.1) is 0 Å². The molecule has 0 N–H and O–H groups in total. The number of nitrogens with zero attached hydrogens (tertiary/aromatic N) is 3. The predicted octanol–water partition coefficient (Wildman–Crippen LogP) is 4.20. The van der Waals surface area contributed by atoms with Crippen LogP contribution in [-0.4, -0.2) is 30.1 Å². The van der Waals surface area contributed by atoms with E-state index in [9.17, 15) is 0 Å². The van der Waals surface area contributed by atoms with Crippen LogP contribution < -0.4 is 9.47 Å². The minimum Gasteiger partial charge on any atom is -0.497 e. The summed E-state index contributed by atoms with van der Waals surface area (Å²) in [5.41, 5.74) is 2.36. The summed E-state index contributed by atoms with van der Waals surface area (Å²) >= 11 is 0. The average Bonchev–Trinajstić information content (AvgIpc) is 3.08. The summed E-state index contributed by atoms with van der Waals surface area (Å²) in [6.45, 7) is 3.61. The number of methoxy groups -OCH3 is 2. The van der Waals surface area contributed by atoms with Gasteiger partial charge in [0.2, 0.25) is 0 Å². The Balaban J connectivity index is 1.68. The number of hydrogen-bond donors (Lipinski definition) is 0. The van der Waals surface area contributed by atoms with E-state index in [1.54, 1.807) is 14.2 Å². The minimum absolute atomic E-state index is 0.156. The van der Waals surface area contributed by atoms with E-state index in [-0.39, 0.29) is 10.7 Å². The molecular formula is C20H25N3O2S. The lowest BCUT2D eigenvalue weighted by Gasteiger charge is -2.13. The van der Waals surface area contributed by atoms with Crippen LogP contribution in [-0.2, 0) is 23.8 Å². The summed E-state index contributed by atoms with van der Waals surface area (Å²) in [7, 11) is 3.22. The largest absolute Gasteiger partial charge is 0.497 e. The van der Waals surface area contributed by atoms with Crippen LogP contribution in [0.25, 0.3) is 0 Å². The lowest BCUT2D eigenvalue weighted by Crippen LogP contribution is -2.15. The first kappa shape index (κ1) is 18.5. The van der Waals surface area contributed by atoms with Crippen molar-refractivity contribution in [3.05, 3.63) is 59.7 Å². The van der Waals surface area contributed by atoms with Gasteiger partial charge in [0.1, 0.15) is 16.5 Å². The van der Waals surface area contributed by atoms with E-state index in [2.05, 4.69) is 30.1 Å². The topological polar surface area (TPSA) is 46.4 Å². The summed E-state index contributed by atoms with van der Waals surface area (Å²) in [4.78, 5) is 0. The molecule has 2 aromatic carbocycles. The molecule has 138 valence electrons. The average molecular weight is 372 g/mol. The summed E-state index contributed by atoms with van der Waals surface area (Å²) in [5, 5.41) is 8.08. The maximum absolute atomic E-state index is 5.31. The Bertz CT molecular complexity index is 820. The lowest BCUT2D eigenvalue weighted by atomic mass is 10.2. The fourth-order valence-electron chi connectivity index (χ4n) is 2.79. The lowest BCUT2D eigenvalue weighted by molar-refractivity contribution is 0.337. The van der Waals surface area contributed by atoms with Gasteiger partial charge < -0.3 is 9.47 Å². The predicted molar refractivity (Wildman–Crippen MR) is 108 cm³/mol. The zero-order chi connectivity index (χ0) is 18.4. The maximum atomic E-state index is 5.31. The maximum Gasteiger partial charge on any atom is 0.119 e. The summed E-state index contributed by atoms with van der Waals surface area (Å²) in [6, 6.07) is 16.2. The van der Waals surface area contributed by atoms with Crippen LogP contribution in [0.4, 0.5) is 0 Å². The molecule has 1 atom stereocenters. The molecule has 1 unspecified atom stereocenters. The summed E-state index contributed by atoms with van der Waals surface area (Å²) < 4.78 is 15.5. The quantitative estimate of drug-likeness (QED) is 0.733. The molecule has 0 saturated carbocycles. The number of ether oxygens (including phenoxy) is 2. The first-order valence-electron chi connectivity index (χ1n) is 8.68. The van der Waals surface area contributed by atoms with E-state index in [1.807, 2.05) is 30.3 Å². The third-order valence-electron chi connectivity index (χ3n) is 4.14. The fourth-order valence-corrected chi connectivity index (χ4v) is 4.45. The zero-order valence-corrected chi connectivity index (χ0v) is 16.3. The normalized spacial score (nSPS) is 16.7. The zero-order valence-electron chi connectivity index (χ0n) is 15.5. The molecule has 3 rings (SSSR count).